The number of carboxylic acids is 1. The van der Waals surface area contributed by atoms with Crippen LogP contribution in [0.15, 0.2) is 12.2 Å². The molecule has 0 heterocycles. The van der Waals surface area contributed by atoms with Gasteiger partial charge >= 0.3 is 0 Å². The van der Waals surface area contributed by atoms with E-state index in [9.17, 15) is 24.3 Å². The van der Waals surface area contributed by atoms with Crippen molar-refractivity contribution in [3.8, 4) is 0 Å². The zero-order valence-electron chi connectivity index (χ0n) is 15.3. The van der Waals surface area contributed by atoms with Gasteiger partial charge in [0.15, 0.2) is 0 Å². The number of allylic oxidation sites excluding steroid dienone is 1. The van der Waals surface area contributed by atoms with Crippen LogP contribution in [0.25, 0.3) is 0 Å². The molecule has 0 bridgehead atoms. The average Bonchev–Trinajstić information content (AvgIpc) is 2.51. The quantitative estimate of drug-likeness (QED) is 0.219. The highest BCUT2D eigenvalue weighted by Crippen LogP contribution is 2.30. The lowest BCUT2D eigenvalue weighted by molar-refractivity contribution is -0.345. The Morgan fingerprint density at radius 2 is 1.64 bits per heavy atom. The molecule has 0 aliphatic carbocycles. The number of rotatable bonds is 17. The van der Waals surface area contributed by atoms with Crippen LogP contribution in [-0.2, 0) is 13.9 Å². The highest BCUT2D eigenvalue weighted by Gasteiger charge is 2.09. The zero-order chi connectivity index (χ0) is 19.0. The van der Waals surface area contributed by atoms with Crippen molar-refractivity contribution in [3.05, 3.63) is 12.2 Å². The fourth-order valence-electron chi connectivity index (χ4n) is 2.62. The Morgan fingerprint density at radius 1 is 1.00 bits per heavy atom. The molecule has 0 saturated heterocycles. The lowest BCUT2D eigenvalue weighted by Crippen LogP contribution is -2.22. The van der Waals surface area contributed by atoms with Gasteiger partial charge in [-0.3, -0.25) is 0 Å². The van der Waals surface area contributed by atoms with Gasteiger partial charge in [-0.05, 0) is 38.5 Å². The first-order chi connectivity index (χ1) is 11.8. The minimum atomic E-state index is -4.94. The summed E-state index contributed by atoms with van der Waals surface area (Å²) >= 11 is 0. The Bertz CT molecular complexity index is 404. The van der Waals surface area contributed by atoms with Crippen LogP contribution in [0.2, 0.25) is 0 Å². The Balaban J connectivity index is 3.84. The second-order valence-electron chi connectivity index (χ2n) is 6.41. The Labute approximate surface area is 151 Å². The van der Waals surface area contributed by atoms with Crippen LogP contribution >= 0.6 is 7.82 Å². The standard InChI is InChI=1S/C18H35O6P/c1-2-3-4-11-14-17(24-25(21,22)23)15-12-9-7-5-6-8-10-13-16-18(19)20/h9,12,17H,2-8,10-11,13-16H2,1H3,(H,19,20)(H2,21,22,23)/p-3/b12-9-. The van der Waals surface area contributed by atoms with Crippen molar-refractivity contribution < 1.29 is 28.8 Å². The van der Waals surface area contributed by atoms with Gasteiger partial charge in [0, 0.05) is 5.97 Å². The van der Waals surface area contributed by atoms with Gasteiger partial charge in [0.05, 0.1) is 13.9 Å². The fraction of sp³-hybridized carbons (Fsp3) is 0.833. The first-order valence-corrected chi connectivity index (χ1v) is 10.9. The number of phosphoric ester groups is 1. The largest absolute Gasteiger partial charge is 0.790 e. The summed E-state index contributed by atoms with van der Waals surface area (Å²) in [5, 5.41) is 10.3. The van der Waals surface area contributed by atoms with E-state index in [1.807, 2.05) is 12.2 Å². The van der Waals surface area contributed by atoms with Crippen molar-refractivity contribution in [2.24, 2.45) is 0 Å². The molecule has 0 aromatic heterocycles. The molecule has 0 rings (SSSR count). The third-order valence-corrected chi connectivity index (χ3v) is 4.53. The number of hydrogen-bond donors (Lipinski definition) is 0. The van der Waals surface area contributed by atoms with Crippen LogP contribution in [0.5, 0.6) is 0 Å². The van der Waals surface area contributed by atoms with E-state index in [1.165, 1.54) is 0 Å². The summed E-state index contributed by atoms with van der Waals surface area (Å²) in [6.07, 6.45) is 14.0. The first kappa shape index (κ1) is 24.3. The highest BCUT2D eigenvalue weighted by molar-refractivity contribution is 7.43. The second kappa shape index (κ2) is 15.6. The molecule has 6 nitrogen and oxygen atoms in total. The summed E-state index contributed by atoms with van der Waals surface area (Å²) in [5.74, 6) is -0.991. The molecule has 0 aromatic rings. The number of carbonyl (C=O) groups is 1. The highest BCUT2D eigenvalue weighted by atomic mass is 31.2. The molecule has 0 aliphatic rings. The summed E-state index contributed by atoms with van der Waals surface area (Å²) in [5.41, 5.74) is 0. The first-order valence-electron chi connectivity index (χ1n) is 9.40. The van der Waals surface area contributed by atoms with Crippen molar-refractivity contribution in [1.82, 2.24) is 0 Å². The van der Waals surface area contributed by atoms with E-state index in [4.69, 9.17) is 0 Å². The number of phosphoric acid groups is 1. The summed E-state index contributed by atoms with van der Waals surface area (Å²) in [7, 11) is -4.94. The third-order valence-electron chi connectivity index (χ3n) is 3.98. The van der Waals surface area contributed by atoms with E-state index < -0.39 is 19.9 Å². The van der Waals surface area contributed by atoms with Crippen molar-refractivity contribution in [3.63, 3.8) is 0 Å². The molecule has 1 atom stereocenters. The van der Waals surface area contributed by atoms with Gasteiger partial charge in [0.1, 0.15) is 0 Å². The lowest BCUT2D eigenvalue weighted by atomic mass is 10.1. The fourth-order valence-corrected chi connectivity index (χ4v) is 3.18. The average molecular weight is 375 g/mol. The molecule has 0 aliphatic heterocycles. The van der Waals surface area contributed by atoms with E-state index in [2.05, 4.69) is 11.4 Å². The molecule has 25 heavy (non-hydrogen) atoms. The van der Waals surface area contributed by atoms with Crippen molar-refractivity contribution in [1.29, 1.82) is 0 Å². The second-order valence-corrected chi connectivity index (χ2v) is 7.51. The lowest BCUT2D eigenvalue weighted by Gasteiger charge is -2.33. The predicted octanol–water partition coefficient (Wildman–Crippen LogP) is 2.60. The maximum Gasteiger partial charge on any atom is 0.0661 e. The van der Waals surface area contributed by atoms with Gasteiger partial charge in [0.2, 0.25) is 0 Å². The number of carboxylic acid groups (broad SMARTS) is 1. The van der Waals surface area contributed by atoms with Crippen LogP contribution in [0.3, 0.4) is 0 Å². The summed E-state index contributed by atoms with van der Waals surface area (Å²) < 4.78 is 15.5. The van der Waals surface area contributed by atoms with Crippen molar-refractivity contribution >= 4 is 13.8 Å². The summed E-state index contributed by atoms with van der Waals surface area (Å²) in [6, 6.07) is 0. The van der Waals surface area contributed by atoms with Crippen LogP contribution in [-0.4, -0.2) is 12.1 Å². The number of unbranched alkanes of at least 4 members (excludes halogenated alkanes) is 8. The molecule has 7 heteroatoms. The monoisotopic (exact) mass is 375 g/mol. The van der Waals surface area contributed by atoms with Gasteiger partial charge in [-0.2, -0.15) is 0 Å². The Morgan fingerprint density at radius 3 is 2.28 bits per heavy atom. The third kappa shape index (κ3) is 19.5. The minimum Gasteiger partial charge on any atom is -0.790 e. The van der Waals surface area contributed by atoms with Gasteiger partial charge in [-0.1, -0.05) is 64.0 Å². The Kier molecular flexibility index (Phi) is 15.1. The smallest absolute Gasteiger partial charge is 0.0661 e. The summed E-state index contributed by atoms with van der Waals surface area (Å²) in [6.45, 7) is 2.10. The van der Waals surface area contributed by atoms with E-state index in [-0.39, 0.29) is 6.42 Å². The molecule has 0 spiro atoms. The van der Waals surface area contributed by atoms with Crippen molar-refractivity contribution in [2.75, 3.05) is 0 Å². The summed E-state index contributed by atoms with van der Waals surface area (Å²) in [4.78, 5) is 31.9. The topological polar surface area (TPSA) is 113 Å². The number of hydrogen-bond acceptors (Lipinski definition) is 6. The van der Waals surface area contributed by atoms with E-state index in [0.29, 0.717) is 19.3 Å². The molecule has 0 amide bonds. The van der Waals surface area contributed by atoms with Crippen molar-refractivity contribution in [2.45, 2.75) is 96.5 Å². The number of carbonyl (C=O) groups excluding carboxylic acids is 1. The molecule has 0 fully saturated rings. The van der Waals surface area contributed by atoms with Crippen LogP contribution < -0.4 is 14.9 Å². The molecule has 148 valence electrons. The molecule has 0 radical (unpaired) electrons. The van der Waals surface area contributed by atoms with Crippen LogP contribution in [0.1, 0.15) is 90.4 Å². The minimum absolute atomic E-state index is 0.128. The molecular weight excluding hydrogens is 343 g/mol. The maximum atomic E-state index is 10.8. The van der Waals surface area contributed by atoms with Gasteiger partial charge < -0.3 is 28.8 Å². The van der Waals surface area contributed by atoms with E-state index >= 15 is 0 Å². The normalized spacial score (nSPS) is 13.4. The maximum absolute atomic E-state index is 10.8. The molecule has 0 saturated carbocycles. The molecule has 0 aromatic carbocycles. The molecule has 1 unspecified atom stereocenters. The Hall–Kier alpha value is -0.680. The van der Waals surface area contributed by atoms with E-state index in [0.717, 1.165) is 57.8 Å². The van der Waals surface area contributed by atoms with Crippen LogP contribution in [0, 0.1) is 0 Å². The van der Waals surface area contributed by atoms with E-state index in [1.54, 1.807) is 0 Å². The zero-order valence-corrected chi connectivity index (χ0v) is 16.2. The van der Waals surface area contributed by atoms with Gasteiger partial charge in [-0.25, -0.2) is 0 Å². The number of aliphatic carboxylic acids is 1. The molecule has 0 N–H and O–H groups in total. The molecular formula is C18H32O6P-3. The van der Waals surface area contributed by atoms with Gasteiger partial charge in [-0.15, -0.1) is 0 Å². The van der Waals surface area contributed by atoms with Crippen LogP contribution in [0.4, 0.5) is 0 Å². The van der Waals surface area contributed by atoms with Gasteiger partial charge in [0.25, 0.3) is 0 Å². The SMILES string of the molecule is CCCCCCC(C/C=C\CCCCCCCC(=O)[O-])OP(=O)([O-])[O-]. The predicted molar refractivity (Wildman–Crippen MR) is 92.3 cm³/mol.